The number of likely N-dealkylation sites (N-methyl/N-ethyl adjacent to an activating group) is 1. The molecule has 1 amide bonds. The van der Waals surface area contributed by atoms with Gasteiger partial charge in [-0.1, -0.05) is 0 Å². The van der Waals surface area contributed by atoms with Gasteiger partial charge in [0.15, 0.2) is 0 Å². The van der Waals surface area contributed by atoms with Crippen LogP contribution in [0.25, 0.3) is 0 Å². The molecule has 0 N–H and O–H groups in total. The zero-order chi connectivity index (χ0) is 11.8. The molecule has 1 atom stereocenters. The van der Waals surface area contributed by atoms with Crippen LogP contribution in [0.5, 0.6) is 0 Å². The second-order valence-electron chi connectivity index (χ2n) is 3.45. The summed E-state index contributed by atoms with van der Waals surface area (Å²) in [6.45, 7) is 12.1. The molecule has 4 heteroatoms. The van der Waals surface area contributed by atoms with Crippen molar-refractivity contribution in [2.45, 2.75) is 27.0 Å². The maximum atomic E-state index is 10.9. The van der Waals surface area contributed by atoms with Crippen molar-refractivity contribution in [2.24, 2.45) is 0 Å². The summed E-state index contributed by atoms with van der Waals surface area (Å²) in [6, 6.07) is 0. The van der Waals surface area contributed by atoms with E-state index in [1.807, 2.05) is 14.0 Å². The first kappa shape index (κ1) is 14.3. The summed E-state index contributed by atoms with van der Waals surface area (Å²) in [5, 5.41) is 0. The Kier molecular flexibility index (Phi) is 7.17. The molecule has 1 rings (SSSR count). The van der Waals surface area contributed by atoms with E-state index in [9.17, 15) is 4.79 Å². The lowest BCUT2D eigenvalue weighted by Gasteiger charge is -2.22. The highest BCUT2D eigenvalue weighted by atomic mass is 16.5. The van der Waals surface area contributed by atoms with Gasteiger partial charge in [-0.3, -0.25) is 9.69 Å². The van der Waals surface area contributed by atoms with Gasteiger partial charge in [0.2, 0.25) is 5.91 Å². The normalized spacial score (nSPS) is 20.7. The predicted octanol–water partition coefficient (Wildman–Crippen LogP) is 0.983. The Morgan fingerprint density at radius 2 is 2.20 bits per heavy atom. The molecule has 88 valence electrons. The summed E-state index contributed by atoms with van der Waals surface area (Å²) >= 11 is 0. The van der Waals surface area contributed by atoms with Crippen molar-refractivity contribution in [1.29, 1.82) is 0 Å². The van der Waals surface area contributed by atoms with Gasteiger partial charge in [0.1, 0.15) is 6.23 Å². The lowest BCUT2D eigenvalue weighted by molar-refractivity contribution is -0.127. The Bertz CT molecular complexity index is 185. The zero-order valence-corrected chi connectivity index (χ0v) is 10.3. The molecule has 0 aliphatic carbocycles. The van der Waals surface area contributed by atoms with Crippen LogP contribution in [0.2, 0.25) is 0 Å². The van der Waals surface area contributed by atoms with Crippen LogP contribution in [0, 0.1) is 6.92 Å². The molecule has 15 heavy (non-hydrogen) atoms. The van der Waals surface area contributed by atoms with Gasteiger partial charge in [-0.05, 0) is 6.92 Å². The molecule has 4 nitrogen and oxygen atoms in total. The average molecular weight is 215 g/mol. The Morgan fingerprint density at radius 1 is 1.60 bits per heavy atom. The Balaban J connectivity index is 0.000000921. The quantitative estimate of drug-likeness (QED) is 0.658. The zero-order valence-electron chi connectivity index (χ0n) is 10.3. The number of carbonyl (C=O) groups is 1. The standard InChI is InChI=1S/C9H18N2O2.C2H5/c1-8(12)10(3)4-5-11-6-7-13-9(11)2;1-2/h9H,4-7H2,1-3H3;1H2,2H3/q;+1. The molecule has 0 aromatic carbocycles. The molecule has 0 aromatic rings. The highest BCUT2D eigenvalue weighted by Gasteiger charge is 2.20. The number of carbonyl (C=O) groups excluding carboxylic acids is 1. The number of amides is 1. The highest BCUT2D eigenvalue weighted by Crippen LogP contribution is 2.07. The van der Waals surface area contributed by atoms with Gasteiger partial charge in [0.05, 0.1) is 20.5 Å². The fourth-order valence-corrected chi connectivity index (χ4v) is 1.36. The first-order valence-corrected chi connectivity index (χ1v) is 5.39. The van der Waals surface area contributed by atoms with Crippen molar-refractivity contribution in [3.05, 3.63) is 6.92 Å². The van der Waals surface area contributed by atoms with Crippen LogP contribution in [0.1, 0.15) is 20.8 Å². The van der Waals surface area contributed by atoms with Crippen LogP contribution < -0.4 is 0 Å². The van der Waals surface area contributed by atoms with Crippen LogP contribution in [-0.4, -0.2) is 55.2 Å². The van der Waals surface area contributed by atoms with Gasteiger partial charge >= 0.3 is 0 Å². The number of hydrogen-bond donors (Lipinski definition) is 0. The van der Waals surface area contributed by atoms with Crippen molar-refractivity contribution in [3.63, 3.8) is 0 Å². The van der Waals surface area contributed by atoms with E-state index < -0.39 is 0 Å². The van der Waals surface area contributed by atoms with Gasteiger partial charge in [-0.2, -0.15) is 0 Å². The van der Waals surface area contributed by atoms with E-state index in [2.05, 4.69) is 11.8 Å². The fraction of sp³-hybridized carbons (Fsp3) is 0.818. The molecule has 1 aliphatic heterocycles. The average Bonchev–Trinajstić information content (AvgIpc) is 2.63. The monoisotopic (exact) mass is 215 g/mol. The number of ether oxygens (including phenoxy) is 1. The van der Waals surface area contributed by atoms with Gasteiger partial charge in [-0.25, -0.2) is 0 Å². The molecule has 0 saturated carbocycles. The lowest BCUT2D eigenvalue weighted by Crippen LogP contribution is -2.37. The molecular formula is C11H23N2O2+. The molecular weight excluding hydrogens is 192 g/mol. The first-order valence-electron chi connectivity index (χ1n) is 5.39. The second-order valence-corrected chi connectivity index (χ2v) is 3.45. The first-order chi connectivity index (χ1) is 7.11. The van der Waals surface area contributed by atoms with Crippen molar-refractivity contribution in [3.8, 4) is 0 Å². The second kappa shape index (κ2) is 7.54. The van der Waals surface area contributed by atoms with E-state index in [-0.39, 0.29) is 12.1 Å². The highest BCUT2D eigenvalue weighted by molar-refractivity contribution is 5.72. The third-order valence-electron chi connectivity index (χ3n) is 2.51. The summed E-state index contributed by atoms with van der Waals surface area (Å²) < 4.78 is 5.38. The molecule has 1 fully saturated rings. The van der Waals surface area contributed by atoms with Crippen LogP contribution in [0.15, 0.2) is 0 Å². The van der Waals surface area contributed by atoms with Gasteiger partial charge in [0.25, 0.3) is 0 Å². The van der Waals surface area contributed by atoms with Crippen LogP contribution >= 0.6 is 0 Å². The molecule has 0 spiro atoms. The minimum Gasteiger partial charge on any atom is -0.362 e. The van der Waals surface area contributed by atoms with Gasteiger partial charge < -0.3 is 9.64 Å². The van der Waals surface area contributed by atoms with Crippen molar-refractivity contribution in [2.75, 3.05) is 33.3 Å². The van der Waals surface area contributed by atoms with Crippen molar-refractivity contribution < 1.29 is 9.53 Å². The minimum absolute atomic E-state index is 0.118. The summed E-state index contributed by atoms with van der Waals surface area (Å²) in [4.78, 5) is 14.9. The van der Waals surface area contributed by atoms with E-state index in [0.29, 0.717) is 0 Å². The van der Waals surface area contributed by atoms with Gasteiger partial charge in [-0.15, -0.1) is 0 Å². The third-order valence-corrected chi connectivity index (χ3v) is 2.51. The maximum absolute atomic E-state index is 10.9. The SMILES string of the molecule is CC(=O)N(C)CCN1CCOC1C.[CH2+]C. The fourth-order valence-electron chi connectivity index (χ4n) is 1.36. The van der Waals surface area contributed by atoms with E-state index in [4.69, 9.17) is 4.74 Å². The minimum atomic E-state index is 0.118. The third kappa shape index (κ3) is 5.04. The number of hydrogen-bond acceptors (Lipinski definition) is 3. The largest absolute Gasteiger partial charge is 0.362 e. The number of nitrogens with zero attached hydrogens (tertiary/aromatic N) is 2. The molecule has 0 bridgehead atoms. The molecule has 1 saturated heterocycles. The molecule has 0 radical (unpaired) electrons. The topological polar surface area (TPSA) is 32.8 Å². The van der Waals surface area contributed by atoms with E-state index in [0.717, 1.165) is 26.2 Å². The van der Waals surface area contributed by atoms with Crippen LogP contribution in [-0.2, 0) is 9.53 Å². The van der Waals surface area contributed by atoms with E-state index >= 15 is 0 Å². The van der Waals surface area contributed by atoms with E-state index in [1.165, 1.54) is 0 Å². The van der Waals surface area contributed by atoms with Crippen LogP contribution in [0.4, 0.5) is 0 Å². The Hall–Kier alpha value is -0.740. The van der Waals surface area contributed by atoms with Crippen molar-refractivity contribution in [1.82, 2.24) is 9.80 Å². The van der Waals surface area contributed by atoms with Crippen molar-refractivity contribution >= 4 is 5.91 Å². The van der Waals surface area contributed by atoms with E-state index in [1.54, 1.807) is 18.7 Å². The molecule has 1 unspecified atom stereocenters. The predicted molar refractivity (Wildman–Crippen MR) is 61.3 cm³/mol. The van der Waals surface area contributed by atoms with Crippen LogP contribution in [0.3, 0.4) is 0 Å². The molecule has 1 aliphatic rings. The molecule has 1 heterocycles. The molecule has 0 aromatic heterocycles. The Labute approximate surface area is 93.2 Å². The smallest absolute Gasteiger partial charge is 0.219 e. The summed E-state index contributed by atoms with van der Waals surface area (Å²) in [6.07, 6.45) is 0.209. The summed E-state index contributed by atoms with van der Waals surface area (Å²) in [5.41, 5.74) is 0. The lowest BCUT2D eigenvalue weighted by atomic mass is 10.4. The number of rotatable bonds is 3. The van der Waals surface area contributed by atoms with Gasteiger partial charge in [0, 0.05) is 33.6 Å². The summed E-state index contributed by atoms with van der Waals surface area (Å²) in [7, 11) is 1.82. The maximum Gasteiger partial charge on any atom is 0.219 e. The Morgan fingerprint density at radius 3 is 2.60 bits per heavy atom. The summed E-state index contributed by atoms with van der Waals surface area (Å²) in [5.74, 6) is 0.118.